The molecule has 0 spiro atoms. The molecule has 0 heterocycles. The molecule has 0 radical (unpaired) electrons. The van der Waals surface area contributed by atoms with Crippen LogP contribution < -0.4 is 5.11 Å². The summed E-state index contributed by atoms with van der Waals surface area (Å²) in [5.74, 6) is -1.22. The second kappa shape index (κ2) is 2.98. The maximum atomic E-state index is 9.98. The summed E-state index contributed by atoms with van der Waals surface area (Å²) in [6.07, 6.45) is -1.20. The molecule has 0 rings (SSSR count). The van der Waals surface area contributed by atoms with Gasteiger partial charge in [0.05, 0.1) is 33.5 Å². The van der Waals surface area contributed by atoms with Gasteiger partial charge in [0.15, 0.2) is 6.23 Å². The Morgan fingerprint density at radius 3 is 2.10 bits per heavy atom. The molecule has 0 amide bonds. The summed E-state index contributed by atoms with van der Waals surface area (Å²) in [5, 5.41) is 19.1. The Hall–Kier alpha value is -0.610. The van der Waals surface area contributed by atoms with Gasteiger partial charge in [-0.05, 0) is 0 Å². The van der Waals surface area contributed by atoms with E-state index in [1.807, 2.05) is 0 Å². The van der Waals surface area contributed by atoms with Crippen LogP contribution in [-0.2, 0) is 4.79 Å². The Balaban J connectivity index is 3.85. The van der Waals surface area contributed by atoms with Crippen LogP contribution in [0.2, 0.25) is 0 Å². The molecule has 0 bridgehead atoms. The molecular formula is C6H13NO3. The normalized spacial score (nSPS) is 14.8. The monoisotopic (exact) mass is 147 g/mol. The fourth-order valence-electron chi connectivity index (χ4n) is 0.423. The van der Waals surface area contributed by atoms with E-state index in [0.717, 1.165) is 0 Å². The Morgan fingerprint density at radius 2 is 2.00 bits per heavy atom. The molecule has 0 saturated carbocycles. The van der Waals surface area contributed by atoms with E-state index in [9.17, 15) is 9.90 Å². The van der Waals surface area contributed by atoms with Crippen molar-refractivity contribution in [3.8, 4) is 0 Å². The summed E-state index contributed by atoms with van der Waals surface area (Å²) >= 11 is 0. The molecular weight excluding hydrogens is 134 g/mol. The first-order valence-corrected chi connectivity index (χ1v) is 3.03. The van der Waals surface area contributed by atoms with Crippen LogP contribution in [-0.4, -0.2) is 42.9 Å². The van der Waals surface area contributed by atoms with Crippen molar-refractivity contribution < 1.29 is 19.5 Å². The van der Waals surface area contributed by atoms with Gasteiger partial charge in [0.1, 0.15) is 0 Å². The summed E-state index contributed by atoms with van der Waals surface area (Å²) in [4.78, 5) is 9.98. The molecule has 0 aliphatic rings. The lowest BCUT2D eigenvalue weighted by atomic mass is 10.3. The summed E-state index contributed by atoms with van der Waals surface area (Å²) in [5.41, 5.74) is 0. The van der Waals surface area contributed by atoms with Crippen LogP contribution in [0.5, 0.6) is 0 Å². The minimum absolute atomic E-state index is 0.216. The van der Waals surface area contributed by atoms with Crippen molar-refractivity contribution in [2.75, 3.05) is 21.1 Å². The lowest BCUT2D eigenvalue weighted by Gasteiger charge is -2.29. The first-order chi connectivity index (χ1) is 4.34. The third-order valence-corrected chi connectivity index (χ3v) is 1.24. The van der Waals surface area contributed by atoms with Crippen LogP contribution in [0.4, 0.5) is 0 Å². The summed E-state index contributed by atoms with van der Waals surface area (Å²) in [6, 6.07) is 0. The average Bonchev–Trinajstić information content (AvgIpc) is 1.60. The number of carboxylic acids is 1. The van der Waals surface area contributed by atoms with E-state index in [0.29, 0.717) is 0 Å². The second-order valence-corrected chi connectivity index (χ2v) is 3.17. The highest BCUT2D eigenvalue weighted by Gasteiger charge is 2.19. The number of carbonyl (C=O) groups excluding carboxylic acids is 1. The molecule has 0 aromatic rings. The largest absolute Gasteiger partial charge is 0.550 e. The first kappa shape index (κ1) is 9.39. The maximum Gasteiger partial charge on any atom is 0.195 e. The molecule has 60 valence electrons. The van der Waals surface area contributed by atoms with E-state index >= 15 is 0 Å². The first-order valence-electron chi connectivity index (χ1n) is 3.03. The predicted molar refractivity (Wildman–Crippen MR) is 33.7 cm³/mol. The summed E-state index contributed by atoms with van der Waals surface area (Å²) in [6.45, 7) is 0. The Bertz CT molecular complexity index is 127. The van der Waals surface area contributed by atoms with Crippen LogP contribution >= 0.6 is 0 Å². The Kier molecular flexibility index (Phi) is 2.80. The molecule has 0 unspecified atom stereocenters. The van der Waals surface area contributed by atoms with Gasteiger partial charge in [0.2, 0.25) is 0 Å². The zero-order valence-electron chi connectivity index (χ0n) is 6.50. The van der Waals surface area contributed by atoms with Gasteiger partial charge < -0.3 is 19.5 Å². The number of carbonyl (C=O) groups is 1. The van der Waals surface area contributed by atoms with Crippen molar-refractivity contribution in [2.24, 2.45) is 0 Å². The number of carboxylic acid groups (broad SMARTS) is 1. The van der Waals surface area contributed by atoms with Crippen molar-refractivity contribution in [1.29, 1.82) is 0 Å². The van der Waals surface area contributed by atoms with Crippen LogP contribution in [0.3, 0.4) is 0 Å². The molecule has 10 heavy (non-hydrogen) atoms. The van der Waals surface area contributed by atoms with Crippen molar-refractivity contribution in [3.63, 3.8) is 0 Å². The second-order valence-electron chi connectivity index (χ2n) is 3.17. The number of quaternary nitrogens is 1. The number of hydrogen-bond acceptors (Lipinski definition) is 3. The van der Waals surface area contributed by atoms with Gasteiger partial charge in [-0.3, -0.25) is 0 Å². The van der Waals surface area contributed by atoms with E-state index in [4.69, 9.17) is 5.11 Å². The third-order valence-electron chi connectivity index (χ3n) is 1.24. The zero-order valence-corrected chi connectivity index (χ0v) is 6.50. The zero-order chi connectivity index (χ0) is 8.36. The van der Waals surface area contributed by atoms with E-state index in [2.05, 4.69) is 0 Å². The quantitative estimate of drug-likeness (QED) is 0.376. The average molecular weight is 147 g/mol. The minimum atomic E-state index is -1.22. The van der Waals surface area contributed by atoms with Crippen LogP contribution in [0.25, 0.3) is 0 Å². The molecule has 1 atom stereocenters. The SMILES string of the molecule is C[N+](C)(C)[C@H](O)CC(=O)[O-]. The summed E-state index contributed by atoms with van der Waals surface area (Å²) in [7, 11) is 5.15. The van der Waals surface area contributed by atoms with E-state index in [1.54, 1.807) is 21.1 Å². The highest BCUT2D eigenvalue weighted by molar-refractivity contribution is 5.64. The molecule has 4 heteroatoms. The van der Waals surface area contributed by atoms with Crippen LogP contribution in [0.15, 0.2) is 0 Å². The van der Waals surface area contributed by atoms with Crippen LogP contribution in [0.1, 0.15) is 6.42 Å². The highest BCUT2D eigenvalue weighted by atomic mass is 16.4. The molecule has 4 nitrogen and oxygen atoms in total. The minimum Gasteiger partial charge on any atom is -0.550 e. The standard InChI is InChI=1S/C6H13NO3/c1-7(2,3)5(8)4-6(9)10/h5,8H,4H2,1-3H3/t5-/m1/s1. The molecule has 0 saturated heterocycles. The van der Waals surface area contributed by atoms with Gasteiger partial charge in [-0.15, -0.1) is 0 Å². The molecule has 0 aromatic carbocycles. The van der Waals surface area contributed by atoms with Crippen molar-refractivity contribution >= 4 is 5.97 Å². The molecule has 1 N–H and O–H groups in total. The van der Waals surface area contributed by atoms with Gasteiger partial charge in [-0.1, -0.05) is 0 Å². The Morgan fingerprint density at radius 1 is 1.60 bits per heavy atom. The van der Waals surface area contributed by atoms with Gasteiger partial charge in [0, 0.05) is 0 Å². The molecule has 0 fully saturated rings. The van der Waals surface area contributed by atoms with Gasteiger partial charge in [0.25, 0.3) is 0 Å². The number of aliphatic hydroxyl groups is 1. The summed E-state index contributed by atoms with van der Waals surface area (Å²) < 4.78 is 0.216. The van der Waals surface area contributed by atoms with Crippen molar-refractivity contribution in [3.05, 3.63) is 0 Å². The van der Waals surface area contributed by atoms with Gasteiger partial charge in [-0.2, -0.15) is 0 Å². The lowest BCUT2D eigenvalue weighted by molar-refractivity contribution is -0.918. The lowest BCUT2D eigenvalue weighted by Crippen LogP contribution is -2.47. The smallest absolute Gasteiger partial charge is 0.195 e. The topological polar surface area (TPSA) is 60.4 Å². The Labute approximate surface area is 60.3 Å². The van der Waals surface area contributed by atoms with E-state index in [-0.39, 0.29) is 10.9 Å². The van der Waals surface area contributed by atoms with E-state index in [1.165, 1.54) is 0 Å². The fraction of sp³-hybridized carbons (Fsp3) is 0.833. The number of nitrogens with zero attached hydrogens (tertiary/aromatic N) is 1. The van der Waals surface area contributed by atoms with Gasteiger partial charge in [-0.25, -0.2) is 0 Å². The number of rotatable bonds is 3. The predicted octanol–water partition coefficient (Wildman–Crippen LogP) is -1.85. The highest BCUT2D eigenvalue weighted by Crippen LogP contribution is 2.01. The third kappa shape index (κ3) is 3.42. The van der Waals surface area contributed by atoms with E-state index < -0.39 is 12.2 Å². The fourth-order valence-corrected chi connectivity index (χ4v) is 0.423. The number of aliphatic hydroxyl groups excluding tert-OH is 1. The molecule has 0 aliphatic carbocycles. The maximum absolute atomic E-state index is 9.98. The van der Waals surface area contributed by atoms with Crippen molar-refractivity contribution in [2.45, 2.75) is 12.6 Å². The molecule has 0 aliphatic heterocycles. The number of aliphatic carboxylic acids is 1. The molecule has 0 aromatic heterocycles. The van der Waals surface area contributed by atoms with Gasteiger partial charge >= 0.3 is 0 Å². The van der Waals surface area contributed by atoms with Crippen LogP contribution in [0, 0.1) is 0 Å². The van der Waals surface area contributed by atoms with Crippen molar-refractivity contribution in [1.82, 2.24) is 0 Å². The number of hydrogen-bond donors (Lipinski definition) is 1.